The molecule has 0 fully saturated rings. The van der Waals surface area contributed by atoms with Gasteiger partial charge in [0.15, 0.2) is 0 Å². The SMILES string of the molecule is CC(C)(C)N([O-])c1cc(-c2ccc(C3=[N+]([O-])C(C)(C)C(C)(C)[N+]3=O)cc2)cc(N([O-])C(C)(C)C)c1. The Labute approximate surface area is 208 Å². The Morgan fingerprint density at radius 2 is 1.09 bits per heavy atom. The zero-order valence-electron chi connectivity index (χ0n) is 22.5. The lowest BCUT2D eigenvalue weighted by atomic mass is 9.84. The summed E-state index contributed by atoms with van der Waals surface area (Å²) in [6.45, 7) is 17.9. The highest BCUT2D eigenvalue weighted by atomic mass is 16.5. The minimum absolute atomic E-state index is 0.0675. The van der Waals surface area contributed by atoms with E-state index in [-0.39, 0.29) is 5.84 Å². The summed E-state index contributed by atoms with van der Waals surface area (Å²) in [6, 6.07) is 12.2. The van der Waals surface area contributed by atoms with E-state index in [1.165, 1.54) is 0 Å². The minimum atomic E-state index is -0.902. The number of hydroxylamine groups is 3. The van der Waals surface area contributed by atoms with Crippen LogP contribution in [-0.4, -0.2) is 37.5 Å². The quantitative estimate of drug-likeness (QED) is 0.294. The summed E-state index contributed by atoms with van der Waals surface area (Å²) in [7, 11) is 0. The van der Waals surface area contributed by atoms with Crippen molar-refractivity contribution in [1.82, 2.24) is 0 Å². The molecule has 2 aromatic carbocycles. The summed E-state index contributed by atoms with van der Waals surface area (Å²) in [5.41, 5.74) is -0.473. The fourth-order valence-corrected chi connectivity index (χ4v) is 3.93. The zero-order chi connectivity index (χ0) is 26.7. The van der Waals surface area contributed by atoms with Gasteiger partial charge in [0.2, 0.25) is 5.54 Å². The third-order valence-corrected chi connectivity index (χ3v) is 6.96. The van der Waals surface area contributed by atoms with Gasteiger partial charge < -0.3 is 25.7 Å². The average molecular weight is 482 g/mol. The molecule has 3 rings (SSSR count). The molecule has 0 aromatic heterocycles. The van der Waals surface area contributed by atoms with Gasteiger partial charge in [0, 0.05) is 55.1 Å². The fourth-order valence-electron chi connectivity index (χ4n) is 3.93. The molecule has 0 N–H and O–H groups in total. The molecule has 0 saturated carbocycles. The molecule has 8 nitrogen and oxygen atoms in total. The van der Waals surface area contributed by atoms with Crippen molar-refractivity contribution in [2.75, 3.05) is 10.1 Å². The largest absolute Gasteiger partial charge is 0.758 e. The van der Waals surface area contributed by atoms with Crippen LogP contribution in [0.5, 0.6) is 0 Å². The standard InChI is InChI=1S/C27H37N4O4/c1-24(2,3)28(32)21-15-20(16-22(17-21)29(33)25(4,5)6)18-11-13-19(14-12-18)23-30(34)26(7,8)27(9,10)31(23)35/h11-17H,1-10H3/q-1. The molecule has 0 amide bonds. The normalized spacial score (nSPS) is 17.7. The van der Waals surface area contributed by atoms with Crippen LogP contribution in [0.2, 0.25) is 0 Å². The van der Waals surface area contributed by atoms with E-state index in [9.17, 15) is 20.5 Å². The van der Waals surface area contributed by atoms with E-state index in [1.54, 1.807) is 70.2 Å². The van der Waals surface area contributed by atoms with Crippen molar-refractivity contribution in [2.24, 2.45) is 0 Å². The second-order valence-electron chi connectivity index (χ2n) is 12.3. The average Bonchev–Trinajstić information content (AvgIpc) is 2.87. The highest BCUT2D eigenvalue weighted by molar-refractivity contribution is 5.90. The zero-order valence-corrected chi connectivity index (χ0v) is 22.5. The van der Waals surface area contributed by atoms with Crippen molar-refractivity contribution in [3.8, 4) is 11.1 Å². The van der Waals surface area contributed by atoms with Crippen LogP contribution in [0.25, 0.3) is 11.1 Å². The van der Waals surface area contributed by atoms with Gasteiger partial charge in [0.05, 0.1) is 0 Å². The molecule has 35 heavy (non-hydrogen) atoms. The van der Waals surface area contributed by atoms with E-state index in [4.69, 9.17) is 0 Å². The van der Waals surface area contributed by atoms with E-state index >= 15 is 0 Å². The molecule has 1 aliphatic rings. The van der Waals surface area contributed by atoms with Gasteiger partial charge in [-0.3, -0.25) is 0 Å². The summed E-state index contributed by atoms with van der Waals surface area (Å²) < 4.78 is 1.57. The summed E-state index contributed by atoms with van der Waals surface area (Å²) in [5.74, 6) is 0.0675. The maximum Gasteiger partial charge on any atom is 0.504 e. The van der Waals surface area contributed by atoms with Crippen LogP contribution in [0.3, 0.4) is 0 Å². The number of nitrogens with zero attached hydrogens (tertiary/aromatic N) is 4. The molecule has 0 saturated heterocycles. The highest BCUT2D eigenvalue weighted by Gasteiger charge is 2.68. The molecule has 0 atom stereocenters. The van der Waals surface area contributed by atoms with Gasteiger partial charge in [0.25, 0.3) is 5.54 Å². The lowest BCUT2D eigenvalue weighted by molar-refractivity contribution is -0.555. The molecular formula is C27H37N4O4-. The summed E-state index contributed by atoms with van der Waals surface area (Å²) in [5, 5.41) is 40.8. The number of hydrogen-bond donors (Lipinski definition) is 0. The molecule has 0 spiro atoms. The Kier molecular flexibility index (Phi) is 6.32. The molecule has 0 radical (unpaired) electrons. The first-order valence-electron chi connectivity index (χ1n) is 11.8. The van der Waals surface area contributed by atoms with Crippen LogP contribution in [0.15, 0.2) is 42.5 Å². The minimum Gasteiger partial charge on any atom is -0.758 e. The van der Waals surface area contributed by atoms with Crippen molar-refractivity contribution in [3.05, 3.63) is 68.6 Å². The number of nitroso groups, excluding NO2 is 1. The molecule has 8 heteroatoms. The van der Waals surface area contributed by atoms with Gasteiger partial charge in [-0.25, -0.2) is 0 Å². The second kappa shape index (κ2) is 8.31. The molecular weight excluding hydrogens is 444 g/mol. The molecule has 0 unspecified atom stereocenters. The van der Waals surface area contributed by atoms with Crippen LogP contribution >= 0.6 is 0 Å². The molecule has 2 aromatic rings. The molecule has 0 bridgehead atoms. The first-order chi connectivity index (χ1) is 15.8. The van der Waals surface area contributed by atoms with E-state index in [2.05, 4.69) is 0 Å². The van der Waals surface area contributed by atoms with Crippen LogP contribution in [0.4, 0.5) is 11.4 Å². The van der Waals surface area contributed by atoms with Crippen LogP contribution in [0, 0.1) is 20.5 Å². The van der Waals surface area contributed by atoms with Gasteiger partial charge in [-0.15, -0.1) is 4.74 Å². The highest BCUT2D eigenvalue weighted by Crippen LogP contribution is 2.37. The van der Waals surface area contributed by atoms with Gasteiger partial charge >= 0.3 is 5.84 Å². The number of amidine groups is 1. The van der Waals surface area contributed by atoms with Crippen molar-refractivity contribution >= 4 is 17.2 Å². The summed E-state index contributed by atoms with van der Waals surface area (Å²) in [4.78, 5) is 13.0. The number of rotatable bonds is 4. The van der Waals surface area contributed by atoms with E-state index in [1.807, 2.05) is 41.5 Å². The monoisotopic (exact) mass is 481 g/mol. The summed E-state index contributed by atoms with van der Waals surface area (Å²) in [6.07, 6.45) is 0. The predicted molar refractivity (Wildman–Crippen MR) is 143 cm³/mol. The Morgan fingerprint density at radius 1 is 0.686 bits per heavy atom. The number of anilines is 2. The van der Waals surface area contributed by atoms with Crippen molar-refractivity contribution in [1.29, 1.82) is 0 Å². The van der Waals surface area contributed by atoms with E-state index in [0.29, 0.717) is 22.5 Å². The number of hydrogen-bond acceptors (Lipinski definition) is 6. The molecule has 0 aliphatic carbocycles. The fraction of sp³-hybridized carbons (Fsp3) is 0.519. The molecule has 1 heterocycles. The van der Waals surface area contributed by atoms with Crippen molar-refractivity contribution in [2.45, 2.75) is 91.4 Å². The molecule has 190 valence electrons. The maximum atomic E-state index is 13.0. The van der Waals surface area contributed by atoms with Gasteiger partial charge in [-0.05, 0) is 83.0 Å². The maximum absolute atomic E-state index is 13.0. The Balaban J connectivity index is 2.10. The molecule has 1 aliphatic heterocycles. The van der Waals surface area contributed by atoms with Gasteiger partial charge in [-0.1, -0.05) is 12.1 Å². The summed E-state index contributed by atoms with van der Waals surface area (Å²) >= 11 is 0. The first kappa shape index (κ1) is 26.6. The van der Waals surface area contributed by atoms with E-state index in [0.717, 1.165) is 25.2 Å². The number of benzene rings is 2. The Hall–Kier alpha value is -2.97. The Bertz CT molecular complexity index is 1130. The van der Waals surface area contributed by atoms with Crippen molar-refractivity contribution in [3.63, 3.8) is 0 Å². The third-order valence-electron chi connectivity index (χ3n) is 6.96. The van der Waals surface area contributed by atoms with Crippen molar-refractivity contribution < 1.29 is 9.50 Å². The topological polar surface area (TPSA) is 98.7 Å². The van der Waals surface area contributed by atoms with Gasteiger partial charge in [0.1, 0.15) is 10.3 Å². The third kappa shape index (κ3) is 4.52. The second-order valence-corrected chi connectivity index (χ2v) is 12.3. The van der Waals surface area contributed by atoms with Crippen LogP contribution < -0.4 is 10.1 Å². The first-order valence-corrected chi connectivity index (χ1v) is 11.8. The lowest BCUT2D eigenvalue weighted by Gasteiger charge is -2.47. The lowest BCUT2D eigenvalue weighted by Crippen LogP contribution is -2.50. The van der Waals surface area contributed by atoms with E-state index < -0.39 is 22.2 Å². The Morgan fingerprint density at radius 3 is 1.43 bits per heavy atom. The smallest absolute Gasteiger partial charge is 0.504 e. The predicted octanol–water partition coefficient (Wildman–Crippen LogP) is 6.17. The van der Waals surface area contributed by atoms with Gasteiger partial charge in [-0.2, -0.15) is 0 Å². The van der Waals surface area contributed by atoms with Crippen LogP contribution in [-0.2, 0) is 0 Å². The van der Waals surface area contributed by atoms with Crippen LogP contribution in [0.1, 0.15) is 74.8 Å².